The van der Waals surface area contributed by atoms with Crippen molar-refractivity contribution in [1.29, 1.82) is 5.26 Å². The van der Waals surface area contributed by atoms with Crippen LogP contribution in [0, 0.1) is 17.2 Å². The largest absolute Gasteiger partial charge is 0.316 e. The number of nitriles is 1. The molecule has 0 spiro atoms. The van der Waals surface area contributed by atoms with Gasteiger partial charge in [-0.15, -0.1) is 0 Å². The molecule has 0 saturated carbocycles. The molecule has 2 heterocycles. The fourth-order valence-electron chi connectivity index (χ4n) is 1.89. The number of pyridine rings is 1. The van der Waals surface area contributed by atoms with Gasteiger partial charge in [-0.25, -0.2) is 0 Å². The molecule has 4 heteroatoms. The zero-order valence-electron chi connectivity index (χ0n) is 8.44. The third-order valence-electron chi connectivity index (χ3n) is 2.73. The second-order valence-corrected chi connectivity index (χ2v) is 3.88. The Balaban J connectivity index is 2.19. The van der Waals surface area contributed by atoms with Crippen LogP contribution in [0.2, 0.25) is 0 Å². The lowest BCUT2D eigenvalue weighted by Crippen LogP contribution is -2.24. The summed E-state index contributed by atoms with van der Waals surface area (Å²) in [5.74, 6) is 0.511. The maximum Gasteiger partial charge on any atom is 0.250 e. The van der Waals surface area contributed by atoms with Crippen molar-refractivity contribution in [2.45, 2.75) is 13.0 Å². The Bertz CT molecular complexity index is 438. The van der Waals surface area contributed by atoms with Crippen molar-refractivity contribution in [3.8, 4) is 6.07 Å². The number of nitrogens with one attached hydrogen (secondary N) is 1. The van der Waals surface area contributed by atoms with E-state index in [1.54, 1.807) is 16.8 Å². The molecule has 1 aliphatic rings. The number of hydrogen-bond donors (Lipinski definition) is 1. The Kier molecular flexibility index (Phi) is 2.84. The van der Waals surface area contributed by atoms with E-state index >= 15 is 0 Å². The van der Waals surface area contributed by atoms with Crippen LogP contribution >= 0.6 is 0 Å². The molecule has 1 N–H and O–H groups in total. The van der Waals surface area contributed by atoms with Crippen molar-refractivity contribution < 1.29 is 0 Å². The van der Waals surface area contributed by atoms with Crippen LogP contribution in [-0.2, 0) is 6.54 Å². The van der Waals surface area contributed by atoms with Crippen molar-refractivity contribution in [3.63, 3.8) is 0 Å². The van der Waals surface area contributed by atoms with E-state index in [0.717, 1.165) is 19.5 Å². The SMILES string of the molecule is N#Cc1ccc(=O)n(CC2CCNC2)c1. The zero-order chi connectivity index (χ0) is 10.7. The van der Waals surface area contributed by atoms with E-state index in [1.165, 1.54) is 6.07 Å². The predicted octanol–water partition coefficient (Wildman–Crippen LogP) is 0.329. The van der Waals surface area contributed by atoms with E-state index in [4.69, 9.17) is 5.26 Å². The minimum atomic E-state index is -0.0269. The minimum absolute atomic E-state index is 0.0269. The highest BCUT2D eigenvalue weighted by Gasteiger charge is 2.15. The van der Waals surface area contributed by atoms with Gasteiger partial charge in [0, 0.05) is 18.8 Å². The molecule has 0 amide bonds. The normalized spacial score (nSPS) is 20.1. The van der Waals surface area contributed by atoms with Crippen LogP contribution in [0.25, 0.3) is 0 Å². The van der Waals surface area contributed by atoms with Crippen LogP contribution in [0.3, 0.4) is 0 Å². The van der Waals surface area contributed by atoms with Gasteiger partial charge in [-0.3, -0.25) is 4.79 Å². The first-order chi connectivity index (χ1) is 7.29. The third-order valence-corrected chi connectivity index (χ3v) is 2.73. The number of nitrogens with zero attached hydrogens (tertiary/aromatic N) is 2. The molecular weight excluding hydrogens is 190 g/mol. The van der Waals surface area contributed by atoms with Crippen LogP contribution in [-0.4, -0.2) is 17.7 Å². The van der Waals surface area contributed by atoms with Crippen LogP contribution in [0.1, 0.15) is 12.0 Å². The number of rotatable bonds is 2. The fourth-order valence-corrected chi connectivity index (χ4v) is 1.89. The molecule has 1 unspecified atom stereocenters. The summed E-state index contributed by atoms with van der Waals surface area (Å²) in [5, 5.41) is 12.0. The lowest BCUT2D eigenvalue weighted by molar-refractivity contribution is 0.471. The lowest BCUT2D eigenvalue weighted by atomic mass is 10.1. The van der Waals surface area contributed by atoms with E-state index in [9.17, 15) is 4.79 Å². The molecule has 1 aromatic heterocycles. The van der Waals surface area contributed by atoms with Crippen molar-refractivity contribution in [1.82, 2.24) is 9.88 Å². The maximum atomic E-state index is 11.5. The average Bonchev–Trinajstić information content (AvgIpc) is 2.74. The van der Waals surface area contributed by atoms with Crippen LogP contribution in [0.4, 0.5) is 0 Å². The molecule has 0 aromatic carbocycles. The summed E-state index contributed by atoms with van der Waals surface area (Å²) in [6.07, 6.45) is 2.74. The first-order valence-corrected chi connectivity index (χ1v) is 5.11. The zero-order valence-corrected chi connectivity index (χ0v) is 8.44. The van der Waals surface area contributed by atoms with Crippen molar-refractivity contribution in [3.05, 3.63) is 34.2 Å². The number of hydrogen-bond acceptors (Lipinski definition) is 3. The average molecular weight is 203 g/mol. The maximum absolute atomic E-state index is 11.5. The van der Waals surface area contributed by atoms with Crippen LogP contribution < -0.4 is 10.9 Å². The fraction of sp³-hybridized carbons (Fsp3) is 0.455. The highest BCUT2D eigenvalue weighted by molar-refractivity contribution is 5.24. The monoisotopic (exact) mass is 203 g/mol. The van der Waals surface area contributed by atoms with Gasteiger partial charge < -0.3 is 9.88 Å². The summed E-state index contributed by atoms with van der Waals surface area (Å²) >= 11 is 0. The van der Waals surface area contributed by atoms with E-state index in [0.29, 0.717) is 18.0 Å². The highest BCUT2D eigenvalue weighted by Crippen LogP contribution is 2.09. The van der Waals surface area contributed by atoms with Crippen molar-refractivity contribution in [2.24, 2.45) is 5.92 Å². The summed E-state index contributed by atoms with van der Waals surface area (Å²) in [7, 11) is 0. The Hall–Kier alpha value is -1.60. The van der Waals surface area contributed by atoms with Gasteiger partial charge in [-0.05, 0) is 31.5 Å². The Morgan fingerprint density at radius 2 is 2.47 bits per heavy atom. The Morgan fingerprint density at radius 3 is 3.13 bits per heavy atom. The van der Waals surface area contributed by atoms with Gasteiger partial charge >= 0.3 is 0 Å². The van der Waals surface area contributed by atoms with Gasteiger partial charge in [0.05, 0.1) is 5.56 Å². The first kappa shape index (κ1) is 9.94. The van der Waals surface area contributed by atoms with E-state index in [2.05, 4.69) is 5.32 Å². The van der Waals surface area contributed by atoms with Gasteiger partial charge in [0.2, 0.25) is 0 Å². The molecule has 0 bridgehead atoms. The lowest BCUT2D eigenvalue weighted by Gasteiger charge is -2.10. The molecule has 15 heavy (non-hydrogen) atoms. The van der Waals surface area contributed by atoms with Crippen LogP contribution in [0.15, 0.2) is 23.1 Å². The van der Waals surface area contributed by atoms with E-state index in [-0.39, 0.29) is 5.56 Å². The summed E-state index contributed by atoms with van der Waals surface area (Å²) < 4.78 is 1.64. The molecule has 1 aliphatic heterocycles. The smallest absolute Gasteiger partial charge is 0.250 e. The third kappa shape index (κ3) is 2.25. The second-order valence-electron chi connectivity index (χ2n) is 3.88. The summed E-state index contributed by atoms with van der Waals surface area (Å²) in [6, 6.07) is 5.06. The van der Waals surface area contributed by atoms with Gasteiger partial charge in [-0.2, -0.15) is 5.26 Å². The number of aromatic nitrogens is 1. The molecule has 1 aromatic rings. The predicted molar refractivity (Wildman–Crippen MR) is 56.4 cm³/mol. The molecule has 1 fully saturated rings. The molecule has 78 valence electrons. The molecule has 1 atom stereocenters. The van der Waals surface area contributed by atoms with E-state index < -0.39 is 0 Å². The minimum Gasteiger partial charge on any atom is -0.316 e. The van der Waals surface area contributed by atoms with Crippen molar-refractivity contribution >= 4 is 0 Å². The van der Waals surface area contributed by atoms with Gasteiger partial charge in [0.1, 0.15) is 6.07 Å². The second kappa shape index (κ2) is 4.28. The molecular formula is C11H13N3O. The van der Waals surface area contributed by atoms with Crippen LogP contribution in [0.5, 0.6) is 0 Å². The molecule has 1 saturated heterocycles. The Morgan fingerprint density at radius 1 is 1.60 bits per heavy atom. The molecule has 0 radical (unpaired) electrons. The Labute approximate surface area is 88.1 Å². The summed E-state index contributed by atoms with van der Waals surface area (Å²) in [5.41, 5.74) is 0.515. The summed E-state index contributed by atoms with van der Waals surface area (Å²) in [4.78, 5) is 11.5. The standard InChI is InChI=1S/C11H13N3O/c12-5-9-1-2-11(15)14(7-9)8-10-3-4-13-6-10/h1-2,7,10,13H,3-4,6,8H2. The summed E-state index contributed by atoms with van der Waals surface area (Å²) in [6.45, 7) is 2.70. The molecule has 4 nitrogen and oxygen atoms in total. The van der Waals surface area contributed by atoms with Gasteiger partial charge in [0.25, 0.3) is 5.56 Å². The van der Waals surface area contributed by atoms with E-state index in [1.807, 2.05) is 6.07 Å². The highest BCUT2D eigenvalue weighted by atomic mass is 16.1. The molecule has 0 aliphatic carbocycles. The molecule has 2 rings (SSSR count). The first-order valence-electron chi connectivity index (χ1n) is 5.11. The van der Waals surface area contributed by atoms with Gasteiger partial charge in [-0.1, -0.05) is 0 Å². The van der Waals surface area contributed by atoms with Crippen molar-refractivity contribution in [2.75, 3.05) is 13.1 Å². The van der Waals surface area contributed by atoms with Gasteiger partial charge in [0.15, 0.2) is 0 Å². The topological polar surface area (TPSA) is 57.8 Å². The quantitative estimate of drug-likeness (QED) is 0.753.